The third-order valence-electron chi connectivity index (χ3n) is 3.05. The average Bonchev–Trinajstić information content (AvgIpc) is 3.01. The summed E-state index contributed by atoms with van der Waals surface area (Å²) >= 11 is 0. The number of benzene rings is 1. The first-order valence-corrected chi connectivity index (χ1v) is 6.50. The Bertz CT molecular complexity index is 605. The zero-order valence-corrected chi connectivity index (χ0v) is 11.3. The van der Waals surface area contributed by atoms with Crippen LogP contribution in [0.2, 0.25) is 0 Å². The quantitative estimate of drug-likeness (QED) is 0.740. The molecule has 0 aliphatic rings. The van der Waals surface area contributed by atoms with E-state index in [1.807, 2.05) is 29.1 Å². The number of amides is 1. The normalized spacial score (nSPS) is 11.9. The largest absolute Gasteiger partial charge is 0.480 e. The summed E-state index contributed by atoms with van der Waals surface area (Å²) in [5.41, 5.74) is 1.27. The van der Waals surface area contributed by atoms with E-state index in [2.05, 4.69) is 5.32 Å². The molecule has 1 aromatic heterocycles. The van der Waals surface area contributed by atoms with Crippen LogP contribution in [0.25, 0.3) is 5.69 Å². The van der Waals surface area contributed by atoms with Crippen LogP contribution in [-0.4, -0.2) is 39.3 Å². The Labute approximate surface area is 121 Å². The zero-order chi connectivity index (χ0) is 15.2. The van der Waals surface area contributed by atoms with Gasteiger partial charge in [0.25, 0.3) is 5.91 Å². The van der Waals surface area contributed by atoms with Gasteiger partial charge in [0, 0.05) is 36.7 Å². The van der Waals surface area contributed by atoms with Crippen molar-refractivity contribution in [3.05, 3.63) is 54.4 Å². The van der Waals surface area contributed by atoms with Crippen molar-refractivity contribution in [2.24, 2.45) is 0 Å². The van der Waals surface area contributed by atoms with Crippen molar-refractivity contribution in [3.63, 3.8) is 0 Å². The van der Waals surface area contributed by atoms with E-state index < -0.39 is 17.9 Å². The second-order valence-electron chi connectivity index (χ2n) is 4.51. The molecule has 1 aromatic carbocycles. The van der Waals surface area contributed by atoms with E-state index in [0.717, 1.165) is 5.69 Å². The number of carboxylic acid groups (broad SMARTS) is 1. The molecule has 0 aliphatic heterocycles. The van der Waals surface area contributed by atoms with E-state index in [4.69, 9.17) is 10.2 Å². The molecular formula is C15H16N2O4. The average molecular weight is 288 g/mol. The molecule has 0 aliphatic carbocycles. The lowest BCUT2D eigenvalue weighted by Gasteiger charge is -2.13. The molecule has 0 spiro atoms. The molecule has 0 bridgehead atoms. The van der Waals surface area contributed by atoms with E-state index in [1.54, 1.807) is 24.3 Å². The first kappa shape index (κ1) is 14.8. The summed E-state index contributed by atoms with van der Waals surface area (Å²) in [7, 11) is 0. The zero-order valence-electron chi connectivity index (χ0n) is 11.3. The van der Waals surface area contributed by atoms with E-state index in [1.165, 1.54) is 0 Å². The fraction of sp³-hybridized carbons (Fsp3) is 0.200. The molecule has 1 unspecified atom stereocenters. The molecule has 21 heavy (non-hydrogen) atoms. The lowest BCUT2D eigenvalue weighted by Crippen LogP contribution is -2.41. The summed E-state index contributed by atoms with van der Waals surface area (Å²) in [5.74, 6) is -1.64. The molecule has 110 valence electrons. The van der Waals surface area contributed by atoms with E-state index in [9.17, 15) is 9.59 Å². The van der Waals surface area contributed by atoms with Crippen molar-refractivity contribution >= 4 is 11.9 Å². The Morgan fingerprint density at radius 2 is 1.76 bits per heavy atom. The van der Waals surface area contributed by atoms with Crippen molar-refractivity contribution in [3.8, 4) is 5.69 Å². The number of hydrogen-bond acceptors (Lipinski definition) is 3. The molecule has 1 amide bonds. The first-order chi connectivity index (χ1) is 10.1. The molecule has 1 atom stereocenters. The lowest BCUT2D eigenvalue weighted by molar-refractivity contribution is -0.139. The highest BCUT2D eigenvalue weighted by atomic mass is 16.4. The molecule has 1 heterocycles. The van der Waals surface area contributed by atoms with Gasteiger partial charge in [0.05, 0.1) is 0 Å². The van der Waals surface area contributed by atoms with Crippen LogP contribution in [0.4, 0.5) is 0 Å². The van der Waals surface area contributed by atoms with Crippen molar-refractivity contribution in [2.75, 3.05) is 6.61 Å². The van der Waals surface area contributed by atoms with E-state index >= 15 is 0 Å². The van der Waals surface area contributed by atoms with E-state index in [-0.39, 0.29) is 13.0 Å². The molecule has 6 heteroatoms. The van der Waals surface area contributed by atoms with Gasteiger partial charge in [0.2, 0.25) is 0 Å². The third kappa shape index (κ3) is 3.70. The second-order valence-corrected chi connectivity index (χ2v) is 4.51. The number of rotatable bonds is 6. The van der Waals surface area contributed by atoms with Crippen LogP contribution in [0.3, 0.4) is 0 Å². The number of carboxylic acids is 1. The monoisotopic (exact) mass is 288 g/mol. The molecular weight excluding hydrogens is 272 g/mol. The number of carbonyl (C=O) groups is 2. The minimum absolute atomic E-state index is 0.0253. The fourth-order valence-electron chi connectivity index (χ4n) is 1.92. The molecule has 2 aromatic rings. The number of carbonyl (C=O) groups excluding carboxylic acids is 1. The smallest absolute Gasteiger partial charge is 0.326 e. The van der Waals surface area contributed by atoms with Gasteiger partial charge in [-0.1, -0.05) is 0 Å². The maximum atomic E-state index is 12.0. The van der Waals surface area contributed by atoms with Gasteiger partial charge >= 0.3 is 5.97 Å². The number of nitrogens with one attached hydrogen (secondary N) is 1. The minimum Gasteiger partial charge on any atom is -0.480 e. The van der Waals surface area contributed by atoms with Gasteiger partial charge < -0.3 is 20.1 Å². The Balaban J connectivity index is 2.07. The number of aromatic nitrogens is 1. The van der Waals surface area contributed by atoms with Crippen LogP contribution in [-0.2, 0) is 4.79 Å². The lowest BCUT2D eigenvalue weighted by atomic mass is 10.1. The number of nitrogens with zero attached hydrogens (tertiary/aromatic N) is 1. The molecule has 0 saturated heterocycles. The molecule has 2 rings (SSSR count). The number of aliphatic hydroxyl groups is 1. The maximum Gasteiger partial charge on any atom is 0.326 e. The maximum absolute atomic E-state index is 12.0. The van der Waals surface area contributed by atoms with Gasteiger partial charge in [0.1, 0.15) is 6.04 Å². The summed E-state index contributed by atoms with van der Waals surface area (Å²) in [6.45, 7) is -0.302. The predicted molar refractivity (Wildman–Crippen MR) is 76.4 cm³/mol. The Morgan fingerprint density at radius 3 is 2.29 bits per heavy atom. The van der Waals surface area contributed by atoms with Crippen molar-refractivity contribution in [1.82, 2.24) is 9.88 Å². The Hall–Kier alpha value is -2.60. The standard InChI is InChI=1S/C15H16N2O4/c18-10-7-13(15(20)21)16-14(19)11-3-5-12(6-4-11)17-8-1-2-9-17/h1-6,8-9,13,18H,7,10H2,(H,16,19)(H,20,21). The van der Waals surface area contributed by atoms with Crippen LogP contribution in [0.15, 0.2) is 48.8 Å². The molecule has 6 nitrogen and oxygen atoms in total. The van der Waals surface area contributed by atoms with Crippen LogP contribution in [0.1, 0.15) is 16.8 Å². The highest BCUT2D eigenvalue weighted by Gasteiger charge is 2.19. The van der Waals surface area contributed by atoms with Crippen molar-refractivity contribution < 1.29 is 19.8 Å². The van der Waals surface area contributed by atoms with Crippen molar-refractivity contribution in [2.45, 2.75) is 12.5 Å². The van der Waals surface area contributed by atoms with Gasteiger partial charge in [-0.25, -0.2) is 4.79 Å². The van der Waals surface area contributed by atoms with Gasteiger partial charge in [-0.3, -0.25) is 4.79 Å². The third-order valence-corrected chi connectivity index (χ3v) is 3.05. The highest BCUT2D eigenvalue weighted by Crippen LogP contribution is 2.10. The van der Waals surface area contributed by atoms with E-state index in [0.29, 0.717) is 5.56 Å². The number of aliphatic hydroxyl groups excluding tert-OH is 1. The summed E-state index contributed by atoms with van der Waals surface area (Å²) < 4.78 is 1.90. The topological polar surface area (TPSA) is 91.6 Å². The van der Waals surface area contributed by atoms with Gasteiger partial charge in [-0.2, -0.15) is 0 Å². The van der Waals surface area contributed by atoms with Crippen molar-refractivity contribution in [1.29, 1.82) is 0 Å². The number of hydrogen-bond donors (Lipinski definition) is 3. The van der Waals surface area contributed by atoms with Crippen LogP contribution >= 0.6 is 0 Å². The SMILES string of the molecule is O=C(NC(CCO)C(=O)O)c1ccc(-n2cccc2)cc1. The van der Waals surface area contributed by atoms with Crippen LogP contribution in [0.5, 0.6) is 0 Å². The minimum atomic E-state index is -1.17. The number of aliphatic carboxylic acids is 1. The molecule has 0 radical (unpaired) electrons. The van der Waals surface area contributed by atoms with Gasteiger partial charge in [-0.05, 0) is 36.4 Å². The summed E-state index contributed by atoms with van der Waals surface area (Å²) in [5, 5.41) is 20.1. The predicted octanol–water partition coefficient (Wildman–Crippen LogP) is 1.04. The fourth-order valence-corrected chi connectivity index (χ4v) is 1.92. The second kappa shape index (κ2) is 6.71. The summed E-state index contributed by atoms with van der Waals surface area (Å²) in [6, 6.07) is 9.50. The van der Waals surface area contributed by atoms with Gasteiger partial charge in [-0.15, -0.1) is 0 Å². The Morgan fingerprint density at radius 1 is 1.14 bits per heavy atom. The summed E-state index contributed by atoms with van der Waals surface area (Å²) in [6.07, 6.45) is 3.75. The summed E-state index contributed by atoms with van der Waals surface area (Å²) in [4.78, 5) is 22.9. The van der Waals surface area contributed by atoms with Crippen LogP contribution < -0.4 is 5.32 Å². The highest BCUT2D eigenvalue weighted by molar-refractivity contribution is 5.96. The molecule has 3 N–H and O–H groups in total. The van der Waals surface area contributed by atoms with Crippen LogP contribution in [0, 0.1) is 0 Å². The molecule has 0 fully saturated rings. The van der Waals surface area contributed by atoms with Gasteiger partial charge in [0.15, 0.2) is 0 Å². The first-order valence-electron chi connectivity index (χ1n) is 6.50. The Kier molecular flexibility index (Phi) is 4.73. The molecule has 0 saturated carbocycles.